The lowest BCUT2D eigenvalue weighted by atomic mass is 9.82. The van der Waals surface area contributed by atoms with Gasteiger partial charge in [-0.15, -0.1) is 0 Å². The van der Waals surface area contributed by atoms with Crippen LogP contribution >= 0.6 is 0 Å². The fourth-order valence-corrected chi connectivity index (χ4v) is 4.21. The number of hydrogen-bond acceptors (Lipinski definition) is 3. The molecule has 5 nitrogen and oxygen atoms in total. The molecule has 4 aromatic rings. The van der Waals surface area contributed by atoms with Gasteiger partial charge in [0.25, 0.3) is 0 Å². The first-order chi connectivity index (χ1) is 16.1. The van der Waals surface area contributed by atoms with E-state index in [0.29, 0.717) is 22.3 Å². The molecule has 0 saturated heterocycles. The summed E-state index contributed by atoms with van der Waals surface area (Å²) in [4.78, 5) is 11.3. The maximum atomic E-state index is 14.5. The summed E-state index contributed by atoms with van der Waals surface area (Å²) in [6.45, 7) is 3.53. The fourth-order valence-electron chi connectivity index (χ4n) is 4.21. The summed E-state index contributed by atoms with van der Waals surface area (Å²) in [5, 5.41) is 29.8. The van der Waals surface area contributed by atoms with Crippen molar-refractivity contribution in [2.75, 3.05) is 0 Å². The van der Waals surface area contributed by atoms with Crippen molar-refractivity contribution in [3.05, 3.63) is 83.3 Å². The topological polar surface area (TPSA) is 86.2 Å². The van der Waals surface area contributed by atoms with E-state index >= 15 is 0 Å². The summed E-state index contributed by atoms with van der Waals surface area (Å²) >= 11 is 0. The second kappa shape index (κ2) is 8.27. The molecule has 172 valence electrons. The van der Waals surface area contributed by atoms with Gasteiger partial charge in [-0.25, -0.2) is 18.0 Å². The molecule has 8 heteroatoms. The Morgan fingerprint density at radius 3 is 2.24 bits per heavy atom. The largest absolute Gasteiger partial charge is 0.503 e. The Hall–Kier alpha value is -4.25. The highest BCUT2D eigenvalue weighted by atomic mass is 19.2. The maximum Gasteiger partial charge on any atom is 0.335 e. The molecule has 2 N–H and O–H groups in total. The number of hydrogen-bond donors (Lipinski definition) is 2. The molecule has 0 amide bonds. The number of aromatic hydroxyl groups is 1. The Balaban J connectivity index is 2.21. The normalized spacial score (nSPS) is 11.5. The Kier molecular flexibility index (Phi) is 5.57. The van der Waals surface area contributed by atoms with Crippen LogP contribution in [0.25, 0.3) is 27.7 Å². The number of phenolic OH excluding ortho intramolecular Hbond substituents is 1. The van der Waals surface area contributed by atoms with E-state index in [1.807, 2.05) is 0 Å². The first-order valence-electron chi connectivity index (χ1n) is 10.3. The van der Waals surface area contributed by atoms with Crippen LogP contribution in [0, 0.1) is 28.8 Å². The number of aromatic nitrogens is 1. The number of nitrogens with zero attached hydrogens (tertiary/aromatic N) is 2. The van der Waals surface area contributed by atoms with E-state index < -0.39 is 34.6 Å². The molecule has 1 heterocycles. The molecule has 0 spiro atoms. The van der Waals surface area contributed by atoms with Crippen LogP contribution in [0.4, 0.5) is 13.2 Å². The highest BCUT2D eigenvalue weighted by Crippen LogP contribution is 2.47. The number of carboxylic acid groups (broad SMARTS) is 1. The van der Waals surface area contributed by atoms with Gasteiger partial charge in [0.2, 0.25) is 0 Å². The summed E-state index contributed by atoms with van der Waals surface area (Å²) in [7, 11) is 0. The predicted molar refractivity (Wildman–Crippen MR) is 120 cm³/mol. The minimum Gasteiger partial charge on any atom is -0.503 e. The van der Waals surface area contributed by atoms with Gasteiger partial charge in [0.05, 0.1) is 17.1 Å². The highest BCUT2D eigenvalue weighted by molar-refractivity contribution is 6.02. The van der Waals surface area contributed by atoms with Crippen LogP contribution in [-0.2, 0) is 5.41 Å². The van der Waals surface area contributed by atoms with Crippen molar-refractivity contribution in [2.24, 2.45) is 0 Å². The number of phenols is 1. The van der Waals surface area contributed by atoms with Gasteiger partial charge in [0.1, 0.15) is 0 Å². The zero-order chi connectivity index (χ0) is 24.8. The van der Waals surface area contributed by atoms with E-state index in [9.17, 15) is 33.4 Å². The summed E-state index contributed by atoms with van der Waals surface area (Å²) in [6, 6.07) is 13.7. The molecule has 3 aromatic carbocycles. The van der Waals surface area contributed by atoms with Gasteiger partial charge in [-0.05, 0) is 54.1 Å². The quantitative estimate of drug-likeness (QED) is 0.362. The molecular formula is C26H19F3N2O3. The van der Waals surface area contributed by atoms with Crippen molar-refractivity contribution < 1.29 is 28.2 Å². The van der Waals surface area contributed by atoms with E-state index in [-0.39, 0.29) is 23.1 Å². The lowest BCUT2D eigenvalue weighted by Gasteiger charge is -2.26. The monoisotopic (exact) mass is 464 g/mol. The Bertz CT molecular complexity index is 1480. The number of rotatable bonds is 5. The molecule has 0 aliphatic rings. The zero-order valence-electron chi connectivity index (χ0n) is 18.2. The highest BCUT2D eigenvalue weighted by Gasteiger charge is 2.33. The molecular weight excluding hydrogens is 445 g/mol. The number of benzene rings is 3. The van der Waals surface area contributed by atoms with E-state index in [4.69, 9.17) is 0 Å². The maximum absolute atomic E-state index is 14.5. The summed E-state index contributed by atoms with van der Waals surface area (Å²) in [5.41, 5.74) is 0.689. The van der Waals surface area contributed by atoms with Gasteiger partial charge < -0.3 is 14.8 Å². The van der Waals surface area contributed by atoms with Gasteiger partial charge >= 0.3 is 5.97 Å². The number of halogens is 3. The number of nitriles is 1. The first kappa shape index (κ1) is 22.9. The number of carboxylic acids is 1. The zero-order valence-corrected chi connectivity index (χ0v) is 18.2. The molecule has 34 heavy (non-hydrogen) atoms. The smallest absolute Gasteiger partial charge is 0.335 e. The molecule has 0 fully saturated rings. The average Bonchev–Trinajstić information content (AvgIpc) is 3.15. The lowest BCUT2D eigenvalue weighted by Crippen LogP contribution is -2.22. The summed E-state index contributed by atoms with van der Waals surface area (Å²) in [5.74, 6) is -4.81. The standard InChI is InChI=1S/C26H19F3N2O3/c1-26(2,11-12-30)24-21(15-5-9-18(27)20(29)13-15)17-8-10-19(28)23(32)22(17)31(24)16-6-3-14(4-7-16)25(33)34/h3-10,13,32H,11H2,1-2H3,(H,33,34). The molecule has 0 bridgehead atoms. The van der Waals surface area contributed by atoms with Crippen LogP contribution in [0.5, 0.6) is 5.75 Å². The van der Waals surface area contributed by atoms with Crippen molar-refractivity contribution >= 4 is 16.9 Å². The first-order valence-corrected chi connectivity index (χ1v) is 10.3. The Morgan fingerprint density at radius 2 is 1.65 bits per heavy atom. The molecule has 0 atom stereocenters. The lowest BCUT2D eigenvalue weighted by molar-refractivity contribution is 0.0697. The minimum atomic E-state index is -1.13. The molecule has 0 radical (unpaired) electrons. The van der Waals surface area contributed by atoms with Crippen LogP contribution in [0.2, 0.25) is 0 Å². The van der Waals surface area contributed by atoms with Gasteiger partial charge in [-0.3, -0.25) is 0 Å². The third kappa shape index (κ3) is 3.65. The van der Waals surface area contributed by atoms with Crippen LogP contribution in [-0.4, -0.2) is 20.7 Å². The molecule has 4 rings (SSSR count). The van der Waals surface area contributed by atoms with Crippen molar-refractivity contribution in [1.82, 2.24) is 4.57 Å². The number of aromatic carboxylic acids is 1. The predicted octanol–water partition coefficient (Wildman–Crippen LogP) is 6.31. The molecule has 1 aromatic heterocycles. The van der Waals surface area contributed by atoms with Crippen LogP contribution in [0.3, 0.4) is 0 Å². The fraction of sp³-hybridized carbons (Fsp3) is 0.154. The SMILES string of the molecule is CC(C)(CC#N)c1c(-c2ccc(F)c(F)c2)c2ccc(F)c(O)c2n1-c1ccc(C(=O)O)cc1. The third-order valence-electron chi connectivity index (χ3n) is 5.80. The van der Waals surface area contributed by atoms with Crippen molar-refractivity contribution in [2.45, 2.75) is 25.7 Å². The molecule has 0 aliphatic heterocycles. The second-order valence-corrected chi connectivity index (χ2v) is 8.55. The molecule has 0 unspecified atom stereocenters. The minimum absolute atomic E-state index is 0.0104. The van der Waals surface area contributed by atoms with Gasteiger partial charge in [-0.1, -0.05) is 19.9 Å². The van der Waals surface area contributed by atoms with E-state index in [1.54, 1.807) is 13.8 Å². The average molecular weight is 464 g/mol. The van der Waals surface area contributed by atoms with Gasteiger partial charge in [-0.2, -0.15) is 5.26 Å². The van der Waals surface area contributed by atoms with Crippen molar-refractivity contribution in [3.8, 4) is 28.6 Å². The van der Waals surface area contributed by atoms with Crippen LogP contribution in [0.1, 0.15) is 36.3 Å². The van der Waals surface area contributed by atoms with Crippen LogP contribution in [0.15, 0.2) is 54.6 Å². The van der Waals surface area contributed by atoms with E-state index in [0.717, 1.165) is 18.2 Å². The summed E-state index contributed by atoms with van der Waals surface area (Å²) < 4.78 is 44.0. The number of carbonyl (C=O) groups is 1. The molecule has 0 aliphatic carbocycles. The molecule has 0 saturated carbocycles. The van der Waals surface area contributed by atoms with Crippen molar-refractivity contribution in [1.29, 1.82) is 5.26 Å². The van der Waals surface area contributed by atoms with Crippen LogP contribution < -0.4 is 0 Å². The number of fused-ring (bicyclic) bond motifs is 1. The van der Waals surface area contributed by atoms with Gasteiger partial charge in [0, 0.05) is 34.2 Å². The third-order valence-corrected chi connectivity index (χ3v) is 5.80. The Labute approximate surface area is 192 Å². The van der Waals surface area contributed by atoms with Crippen molar-refractivity contribution in [3.63, 3.8) is 0 Å². The van der Waals surface area contributed by atoms with E-state index in [1.165, 1.54) is 41.0 Å². The second-order valence-electron chi connectivity index (χ2n) is 8.55. The summed E-state index contributed by atoms with van der Waals surface area (Å²) in [6.07, 6.45) is 0.0104. The van der Waals surface area contributed by atoms with Gasteiger partial charge in [0.15, 0.2) is 23.2 Å². The Morgan fingerprint density at radius 1 is 1.00 bits per heavy atom. The van der Waals surface area contributed by atoms with E-state index in [2.05, 4.69) is 6.07 Å².